The summed E-state index contributed by atoms with van der Waals surface area (Å²) in [6.07, 6.45) is -1.13. The summed E-state index contributed by atoms with van der Waals surface area (Å²) in [7, 11) is 0. The number of piperidine rings is 1. The van der Waals surface area contributed by atoms with Gasteiger partial charge in [-0.15, -0.1) is 16.4 Å². The zero-order valence-corrected chi connectivity index (χ0v) is 28.7. The highest BCUT2D eigenvalue weighted by atomic mass is 32.1. The topological polar surface area (TPSA) is 146 Å². The minimum atomic E-state index is -1.28. The standard InChI is InChI=1S/C36H34F2N8O5S/c1-19-41-26-8-7-22(15-29(26)52-19)46-35(39-18-40-46)34-32(48)31(33-28(50-34)17-49-36(51-33)20-5-3-2-4-6-20)45-16-27(42-43-45)21-13-24(37)30(25(38)14-21)44-11-9-23(47)10-12-44/h2-8,13-16,18,23,28,31-34,36,47-48H,9-12,17H2,1H3/t28-,31-,32-,33+,34-,36?/m1/s1. The highest BCUT2D eigenvalue weighted by molar-refractivity contribution is 7.18. The van der Waals surface area contributed by atoms with E-state index >= 15 is 8.78 Å². The monoisotopic (exact) mass is 728 g/mol. The number of hydrogen-bond donors (Lipinski definition) is 2. The SMILES string of the molecule is Cc1nc2ccc(-n3ncnc3[C@@H]3O[C@@H]4COC(c5ccccc5)O[C@@H]4[C@H](n4cc(-c5cc(F)c(N6CCC(O)CC6)c(F)c5)nn4)[C@H]3O)cc2s1. The molecule has 3 aliphatic rings. The van der Waals surface area contributed by atoms with Crippen molar-refractivity contribution in [3.63, 3.8) is 0 Å². The average molecular weight is 729 g/mol. The third-order valence-electron chi connectivity index (χ3n) is 9.91. The first-order chi connectivity index (χ1) is 25.3. The number of aliphatic hydroxyl groups is 2. The first kappa shape index (κ1) is 33.1. The van der Waals surface area contributed by atoms with Gasteiger partial charge in [-0.3, -0.25) is 0 Å². The van der Waals surface area contributed by atoms with Crippen molar-refractivity contribution in [1.82, 2.24) is 34.7 Å². The van der Waals surface area contributed by atoms with Gasteiger partial charge in [-0.05, 0) is 50.1 Å². The Morgan fingerprint density at radius 2 is 1.75 bits per heavy atom. The molecule has 3 aromatic heterocycles. The highest BCUT2D eigenvalue weighted by Gasteiger charge is 2.52. The van der Waals surface area contributed by atoms with E-state index in [1.165, 1.54) is 23.1 Å². The second kappa shape index (κ2) is 13.4. The van der Waals surface area contributed by atoms with Crippen molar-refractivity contribution in [2.75, 3.05) is 24.6 Å². The van der Waals surface area contributed by atoms with Gasteiger partial charge in [0.2, 0.25) is 0 Å². The lowest BCUT2D eigenvalue weighted by Crippen LogP contribution is -2.57. The molecule has 6 aromatic rings. The fourth-order valence-corrected chi connectivity index (χ4v) is 8.24. The normalized spacial score (nSPS) is 25.4. The lowest BCUT2D eigenvalue weighted by molar-refractivity contribution is -0.319. The van der Waals surface area contributed by atoms with Crippen molar-refractivity contribution in [3.05, 3.63) is 101 Å². The van der Waals surface area contributed by atoms with Crippen LogP contribution in [0.1, 0.15) is 47.7 Å². The maximum atomic E-state index is 15.5. The van der Waals surface area contributed by atoms with Crippen LogP contribution in [0.15, 0.2) is 73.2 Å². The predicted octanol–water partition coefficient (Wildman–Crippen LogP) is 4.84. The van der Waals surface area contributed by atoms with Gasteiger partial charge in [-0.25, -0.2) is 28.1 Å². The van der Waals surface area contributed by atoms with Gasteiger partial charge in [0, 0.05) is 24.2 Å². The first-order valence-corrected chi connectivity index (χ1v) is 17.9. The zero-order chi connectivity index (χ0) is 35.5. The van der Waals surface area contributed by atoms with Crippen LogP contribution in [0.25, 0.3) is 27.2 Å². The molecule has 52 heavy (non-hydrogen) atoms. The summed E-state index contributed by atoms with van der Waals surface area (Å²) in [5, 5.41) is 36.1. The lowest BCUT2D eigenvalue weighted by atomic mass is 9.91. The third-order valence-corrected chi connectivity index (χ3v) is 10.8. The molecule has 1 unspecified atom stereocenters. The Kier molecular flexibility index (Phi) is 8.52. The smallest absolute Gasteiger partial charge is 0.184 e. The zero-order valence-electron chi connectivity index (χ0n) is 27.9. The molecule has 3 aliphatic heterocycles. The molecule has 13 nitrogen and oxygen atoms in total. The van der Waals surface area contributed by atoms with Gasteiger partial charge in [-0.2, -0.15) is 5.10 Å². The Morgan fingerprint density at radius 3 is 2.54 bits per heavy atom. The maximum Gasteiger partial charge on any atom is 0.184 e. The number of aromatic nitrogens is 7. The molecule has 0 aliphatic carbocycles. The Hall–Kier alpha value is -4.71. The van der Waals surface area contributed by atoms with Crippen LogP contribution in [0.2, 0.25) is 0 Å². The van der Waals surface area contributed by atoms with Crippen LogP contribution in [0.3, 0.4) is 0 Å². The molecule has 16 heteroatoms. The summed E-state index contributed by atoms with van der Waals surface area (Å²) in [5.41, 5.74) is 2.63. The van der Waals surface area contributed by atoms with E-state index in [4.69, 9.17) is 14.2 Å². The van der Waals surface area contributed by atoms with Gasteiger partial charge < -0.3 is 29.3 Å². The number of anilines is 1. The van der Waals surface area contributed by atoms with E-state index in [1.54, 1.807) is 27.1 Å². The molecule has 0 saturated carbocycles. The van der Waals surface area contributed by atoms with E-state index in [2.05, 4.69) is 25.4 Å². The van der Waals surface area contributed by atoms with E-state index in [0.29, 0.717) is 31.8 Å². The minimum absolute atomic E-state index is 0.134. The Balaban J connectivity index is 1.07. The van der Waals surface area contributed by atoms with Crippen LogP contribution in [0, 0.1) is 18.6 Å². The fraction of sp³-hybridized carbons (Fsp3) is 0.361. The number of fused-ring (bicyclic) bond motifs is 2. The van der Waals surface area contributed by atoms with Crippen LogP contribution in [0.5, 0.6) is 0 Å². The summed E-state index contributed by atoms with van der Waals surface area (Å²) >= 11 is 1.56. The molecule has 3 saturated heterocycles. The summed E-state index contributed by atoms with van der Waals surface area (Å²) in [5.74, 6) is -1.12. The first-order valence-electron chi connectivity index (χ1n) is 17.1. The molecule has 0 radical (unpaired) electrons. The molecule has 2 N–H and O–H groups in total. The minimum Gasteiger partial charge on any atom is -0.393 e. The third kappa shape index (κ3) is 5.94. The number of nitrogens with zero attached hydrogens (tertiary/aromatic N) is 8. The van der Waals surface area contributed by atoms with Crippen LogP contribution in [-0.4, -0.2) is 89.1 Å². The van der Waals surface area contributed by atoms with E-state index in [-0.39, 0.29) is 23.6 Å². The number of thiazole rings is 1. The van der Waals surface area contributed by atoms with E-state index < -0.39 is 54.5 Å². The molecule has 0 amide bonds. The molecule has 6 heterocycles. The fourth-order valence-electron chi connectivity index (χ4n) is 7.37. The van der Waals surface area contributed by atoms with Crippen LogP contribution < -0.4 is 4.90 Å². The predicted molar refractivity (Wildman–Crippen MR) is 185 cm³/mol. The number of aryl methyl sites for hydroxylation is 1. The quantitative estimate of drug-likeness (QED) is 0.243. The van der Waals surface area contributed by atoms with E-state index in [1.807, 2.05) is 55.5 Å². The van der Waals surface area contributed by atoms with Gasteiger partial charge >= 0.3 is 0 Å². The van der Waals surface area contributed by atoms with Crippen molar-refractivity contribution in [2.24, 2.45) is 0 Å². The van der Waals surface area contributed by atoms with E-state index in [9.17, 15) is 10.2 Å². The molecule has 6 atom stereocenters. The van der Waals surface area contributed by atoms with Gasteiger partial charge in [0.25, 0.3) is 0 Å². The Bertz CT molecular complexity index is 2200. The van der Waals surface area contributed by atoms with Crippen molar-refractivity contribution < 1.29 is 33.2 Å². The summed E-state index contributed by atoms with van der Waals surface area (Å²) in [4.78, 5) is 10.7. The van der Waals surface area contributed by atoms with Crippen LogP contribution in [-0.2, 0) is 14.2 Å². The second-order valence-corrected chi connectivity index (χ2v) is 14.5. The summed E-state index contributed by atoms with van der Waals surface area (Å²) < 4.78 is 54.2. The average Bonchev–Trinajstić information content (AvgIpc) is 3.92. The van der Waals surface area contributed by atoms with Crippen molar-refractivity contribution in [3.8, 4) is 16.9 Å². The summed E-state index contributed by atoms with van der Waals surface area (Å²) in [6.45, 7) is 2.77. The van der Waals surface area contributed by atoms with Gasteiger partial charge in [-0.1, -0.05) is 35.5 Å². The van der Waals surface area contributed by atoms with Crippen LogP contribution in [0.4, 0.5) is 14.5 Å². The molecule has 9 rings (SSSR count). The van der Waals surface area contributed by atoms with Crippen molar-refractivity contribution in [1.29, 1.82) is 0 Å². The number of ether oxygens (including phenoxy) is 3. The lowest BCUT2D eigenvalue weighted by Gasteiger charge is -2.47. The number of aliphatic hydroxyl groups excluding tert-OH is 2. The van der Waals surface area contributed by atoms with Gasteiger partial charge in [0.05, 0.1) is 39.8 Å². The van der Waals surface area contributed by atoms with Crippen molar-refractivity contribution >= 4 is 27.2 Å². The molecule has 268 valence electrons. The number of hydrogen-bond acceptors (Lipinski definition) is 12. The molecular formula is C36H34F2N8O5S. The molecule has 0 bridgehead atoms. The van der Waals surface area contributed by atoms with Crippen molar-refractivity contribution in [2.45, 2.75) is 62.6 Å². The largest absolute Gasteiger partial charge is 0.393 e. The Labute approximate surface area is 300 Å². The van der Waals surface area contributed by atoms with Gasteiger partial charge in [0.1, 0.15) is 59.8 Å². The second-order valence-electron chi connectivity index (χ2n) is 13.3. The maximum absolute atomic E-state index is 15.5. The molecule has 0 spiro atoms. The van der Waals surface area contributed by atoms with Crippen LogP contribution >= 0.6 is 11.3 Å². The highest BCUT2D eigenvalue weighted by Crippen LogP contribution is 2.44. The number of halogens is 2. The molecular weight excluding hydrogens is 695 g/mol. The summed E-state index contributed by atoms with van der Waals surface area (Å²) in [6, 6.07) is 16.8. The Morgan fingerprint density at radius 1 is 0.962 bits per heavy atom. The number of benzene rings is 3. The van der Waals surface area contributed by atoms with Gasteiger partial charge in [0.15, 0.2) is 12.1 Å². The molecule has 3 aromatic carbocycles. The van der Waals surface area contributed by atoms with E-state index in [0.717, 1.165) is 26.5 Å². The number of rotatable bonds is 6. The molecule has 3 fully saturated rings.